The Balaban J connectivity index is 3.40. The molecule has 0 radical (unpaired) electrons. The first-order valence-electron chi connectivity index (χ1n) is 3.20. The zero-order valence-corrected chi connectivity index (χ0v) is 6.95. The highest BCUT2D eigenvalue weighted by molar-refractivity contribution is 6.33. The lowest BCUT2D eigenvalue weighted by molar-refractivity contribution is -0.136. The van der Waals surface area contributed by atoms with Crippen LogP contribution in [0.4, 0.5) is 18.9 Å². The minimum absolute atomic E-state index is 0.176. The molecule has 1 nitrogen and oxygen atoms in total. The van der Waals surface area contributed by atoms with Crippen LogP contribution in [0.15, 0.2) is 18.2 Å². The van der Waals surface area contributed by atoms with Crippen LogP contribution in [0.1, 0.15) is 5.56 Å². The van der Waals surface area contributed by atoms with Gasteiger partial charge in [-0.2, -0.15) is 13.2 Å². The molecule has 5 heteroatoms. The Morgan fingerprint density at radius 2 is 1.92 bits per heavy atom. The quantitative estimate of drug-likeness (QED) is 0.566. The summed E-state index contributed by atoms with van der Waals surface area (Å²) in [6, 6.07) is 3.25. The third-order valence-corrected chi connectivity index (χ3v) is 1.71. The van der Waals surface area contributed by atoms with E-state index >= 15 is 0 Å². The number of hydrogen-bond acceptors (Lipinski definition) is 0. The van der Waals surface area contributed by atoms with Crippen molar-refractivity contribution in [3.05, 3.63) is 40.2 Å². The van der Waals surface area contributed by atoms with Gasteiger partial charge in [-0.1, -0.05) is 29.8 Å². The molecule has 0 atom stereocenters. The summed E-state index contributed by atoms with van der Waals surface area (Å²) in [4.78, 5) is 2.73. The number of para-hydroxylation sites is 1. The van der Waals surface area contributed by atoms with Crippen LogP contribution in [0.3, 0.4) is 0 Å². The van der Waals surface area contributed by atoms with Crippen LogP contribution in [0, 0.1) is 6.57 Å². The van der Waals surface area contributed by atoms with Gasteiger partial charge in [0.2, 0.25) is 5.69 Å². The number of halogens is 4. The van der Waals surface area contributed by atoms with Gasteiger partial charge in [0.05, 0.1) is 12.1 Å². The molecule has 0 saturated carbocycles. The summed E-state index contributed by atoms with van der Waals surface area (Å²) in [5.74, 6) is 0. The molecule has 1 rings (SSSR count). The molecule has 0 aliphatic carbocycles. The third-order valence-electron chi connectivity index (χ3n) is 1.40. The van der Waals surface area contributed by atoms with Gasteiger partial charge in [0.1, 0.15) is 0 Å². The Labute approximate surface area is 77.6 Å². The molecule has 1 aromatic carbocycles. The Morgan fingerprint density at radius 1 is 1.31 bits per heavy atom. The molecule has 0 unspecified atom stereocenters. The van der Waals surface area contributed by atoms with Crippen LogP contribution in [0.2, 0.25) is 5.02 Å². The summed E-state index contributed by atoms with van der Waals surface area (Å²) >= 11 is 5.42. The standard InChI is InChI=1S/C8H3ClF3N/c1-13-7-5(8(10,11)12)3-2-4-6(7)9/h2-4H. The fourth-order valence-electron chi connectivity index (χ4n) is 0.858. The molecule has 13 heavy (non-hydrogen) atoms. The summed E-state index contributed by atoms with van der Waals surface area (Å²) in [5.41, 5.74) is -1.54. The minimum atomic E-state index is -4.52. The second kappa shape index (κ2) is 3.27. The summed E-state index contributed by atoms with van der Waals surface area (Å²) < 4.78 is 36.6. The molecule has 1 aromatic rings. The molecule has 0 N–H and O–H groups in total. The Hall–Kier alpha value is -1.21. The van der Waals surface area contributed by atoms with E-state index in [0.29, 0.717) is 0 Å². The maximum atomic E-state index is 12.2. The van der Waals surface area contributed by atoms with Crippen LogP contribution in [-0.4, -0.2) is 0 Å². The van der Waals surface area contributed by atoms with Gasteiger partial charge in [-0.3, -0.25) is 0 Å². The zero-order chi connectivity index (χ0) is 10.1. The monoisotopic (exact) mass is 205 g/mol. The zero-order valence-electron chi connectivity index (χ0n) is 6.19. The van der Waals surface area contributed by atoms with Gasteiger partial charge in [0.15, 0.2) is 0 Å². The van der Waals surface area contributed by atoms with Crippen molar-refractivity contribution < 1.29 is 13.2 Å². The van der Waals surface area contributed by atoms with E-state index in [0.717, 1.165) is 6.07 Å². The summed E-state index contributed by atoms with van der Waals surface area (Å²) in [6.07, 6.45) is -4.52. The lowest BCUT2D eigenvalue weighted by Crippen LogP contribution is -2.04. The molecule has 0 bridgehead atoms. The first kappa shape index (κ1) is 9.87. The van der Waals surface area contributed by atoms with E-state index in [1.54, 1.807) is 0 Å². The summed E-state index contributed by atoms with van der Waals surface area (Å²) in [5, 5.41) is -0.176. The average Bonchev–Trinajstić information content (AvgIpc) is 2.02. The molecule has 0 amide bonds. The van der Waals surface area contributed by atoms with E-state index in [1.165, 1.54) is 12.1 Å². The van der Waals surface area contributed by atoms with Gasteiger partial charge in [0.25, 0.3) is 0 Å². The number of hydrogen-bond donors (Lipinski definition) is 0. The van der Waals surface area contributed by atoms with Crippen molar-refractivity contribution in [1.29, 1.82) is 0 Å². The average molecular weight is 206 g/mol. The molecule has 0 fully saturated rings. The lowest BCUT2D eigenvalue weighted by Gasteiger charge is -2.08. The molecule has 0 saturated heterocycles. The van der Waals surface area contributed by atoms with Crippen molar-refractivity contribution in [3.8, 4) is 0 Å². The fraction of sp³-hybridized carbons (Fsp3) is 0.125. The maximum absolute atomic E-state index is 12.2. The van der Waals surface area contributed by atoms with E-state index in [2.05, 4.69) is 4.85 Å². The molecule has 68 valence electrons. The highest BCUT2D eigenvalue weighted by Crippen LogP contribution is 2.39. The predicted octanol–water partition coefficient (Wildman–Crippen LogP) is 3.91. The normalized spacial score (nSPS) is 11.0. The van der Waals surface area contributed by atoms with Gasteiger partial charge >= 0.3 is 6.18 Å². The van der Waals surface area contributed by atoms with Crippen LogP contribution in [0.5, 0.6) is 0 Å². The number of benzene rings is 1. The van der Waals surface area contributed by atoms with Crippen molar-refractivity contribution in [2.75, 3.05) is 0 Å². The number of nitrogens with zero attached hydrogens (tertiary/aromatic N) is 1. The van der Waals surface area contributed by atoms with Crippen molar-refractivity contribution in [2.24, 2.45) is 0 Å². The Morgan fingerprint density at radius 3 is 2.31 bits per heavy atom. The Bertz CT molecular complexity index is 365. The van der Waals surface area contributed by atoms with E-state index in [9.17, 15) is 13.2 Å². The third kappa shape index (κ3) is 1.93. The topological polar surface area (TPSA) is 4.36 Å². The molecule has 0 spiro atoms. The van der Waals surface area contributed by atoms with E-state index in [-0.39, 0.29) is 5.02 Å². The van der Waals surface area contributed by atoms with Crippen LogP contribution in [-0.2, 0) is 6.18 Å². The molecule has 0 heterocycles. The number of alkyl halides is 3. The van der Waals surface area contributed by atoms with Crippen molar-refractivity contribution in [2.45, 2.75) is 6.18 Å². The SMILES string of the molecule is [C-]#[N+]c1c(Cl)cccc1C(F)(F)F. The Kier molecular flexibility index (Phi) is 2.48. The van der Waals surface area contributed by atoms with Gasteiger partial charge in [-0.15, -0.1) is 0 Å². The van der Waals surface area contributed by atoms with Gasteiger partial charge in [-0.05, 0) is 0 Å². The predicted molar refractivity (Wildman–Crippen MR) is 42.7 cm³/mol. The van der Waals surface area contributed by atoms with Crippen molar-refractivity contribution in [3.63, 3.8) is 0 Å². The second-order valence-electron chi connectivity index (χ2n) is 2.25. The second-order valence-corrected chi connectivity index (χ2v) is 2.65. The smallest absolute Gasteiger partial charge is 0.236 e. The van der Waals surface area contributed by atoms with Crippen LogP contribution >= 0.6 is 11.6 Å². The maximum Gasteiger partial charge on any atom is 0.407 e. The van der Waals surface area contributed by atoms with E-state index in [4.69, 9.17) is 18.2 Å². The van der Waals surface area contributed by atoms with Crippen molar-refractivity contribution in [1.82, 2.24) is 0 Å². The molecule has 0 aromatic heterocycles. The summed E-state index contributed by atoms with van der Waals surface area (Å²) in [7, 11) is 0. The molecular formula is C8H3ClF3N. The first-order chi connectivity index (χ1) is 5.96. The minimum Gasteiger partial charge on any atom is -0.236 e. The van der Waals surface area contributed by atoms with Crippen LogP contribution in [0.25, 0.3) is 4.85 Å². The van der Waals surface area contributed by atoms with Gasteiger partial charge in [-0.25, -0.2) is 4.85 Å². The van der Waals surface area contributed by atoms with Crippen molar-refractivity contribution >= 4 is 17.3 Å². The molecular weight excluding hydrogens is 203 g/mol. The van der Waals surface area contributed by atoms with Crippen LogP contribution < -0.4 is 0 Å². The largest absolute Gasteiger partial charge is 0.407 e. The summed E-state index contributed by atoms with van der Waals surface area (Å²) in [6.45, 7) is 6.55. The highest BCUT2D eigenvalue weighted by atomic mass is 35.5. The lowest BCUT2D eigenvalue weighted by atomic mass is 10.2. The van der Waals surface area contributed by atoms with E-state index < -0.39 is 17.4 Å². The van der Waals surface area contributed by atoms with Gasteiger partial charge < -0.3 is 0 Å². The molecule has 0 aliphatic heterocycles. The van der Waals surface area contributed by atoms with Gasteiger partial charge in [0, 0.05) is 5.02 Å². The fourth-order valence-corrected chi connectivity index (χ4v) is 1.07. The highest BCUT2D eigenvalue weighted by Gasteiger charge is 2.33. The van der Waals surface area contributed by atoms with E-state index in [1.807, 2.05) is 0 Å². The number of rotatable bonds is 0. The molecule has 0 aliphatic rings. The first-order valence-corrected chi connectivity index (χ1v) is 3.58.